The van der Waals surface area contributed by atoms with Crippen molar-refractivity contribution in [3.05, 3.63) is 35.9 Å². The summed E-state index contributed by atoms with van der Waals surface area (Å²) in [4.78, 5) is 10.0. The second-order valence-electron chi connectivity index (χ2n) is 12.4. The molecular weight excluding hydrogens is 505 g/mol. The number of benzene rings is 1. The Balaban J connectivity index is 1.37. The van der Waals surface area contributed by atoms with Crippen LogP contribution < -0.4 is 0 Å². The molecule has 1 saturated heterocycles. The van der Waals surface area contributed by atoms with Crippen LogP contribution in [0.5, 0.6) is 0 Å². The molecule has 1 heterocycles. The molecule has 1 aliphatic rings. The van der Waals surface area contributed by atoms with E-state index >= 15 is 0 Å². The molecule has 1 fully saturated rings. The summed E-state index contributed by atoms with van der Waals surface area (Å²) in [6, 6.07) is 10.7. The van der Waals surface area contributed by atoms with E-state index in [1.807, 2.05) is 0 Å². The van der Waals surface area contributed by atoms with E-state index in [0.717, 1.165) is 56.2 Å². The van der Waals surface area contributed by atoms with Gasteiger partial charge in [-0.3, -0.25) is 9.05 Å². The number of hydrogen-bond acceptors (Lipinski definition) is 3. The van der Waals surface area contributed by atoms with E-state index in [4.69, 9.17) is 9.05 Å². The normalized spacial score (nSPS) is 21.2. The van der Waals surface area contributed by atoms with Gasteiger partial charge in [-0.15, -0.1) is 0 Å². The zero-order valence-electron chi connectivity index (χ0n) is 25.5. The summed E-state index contributed by atoms with van der Waals surface area (Å²) in [6.07, 6.45) is 24.1. The fourth-order valence-corrected chi connectivity index (χ4v) is 6.69. The minimum Gasteiger partial charge on any atom is -0.322 e. The van der Waals surface area contributed by atoms with Gasteiger partial charge in [-0.25, -0.2) is 4.57 Å². The lowest BCUT2D eigenvalue weighted by Crippen LogP contribution is -2.49. The largest absolute Gasteiger partial charge is 0.472 e. The second kappa shape index (κ2) is 21.1. The van der Waals surface area contributed by atoms with Gasteiger partial charge in [0.2, 0.25) is 0 Å². The molecule has 1 unspecified atom stereocenters. The molecule has 1 aliphatic heterocycles. The number of rotatable bonds is 24. The fourth-order valence-electron chi connectivity index (χ4n) is 5.92. The fraction of sp³-hybridized carbons (Fsp3) is 0.818. The summed E-state index contributed by atoms with van der Waals surface area (Å²) < 4.78 is 23.8. The Morgan fingerprint density at radius 3 is 1.72 bits per heavy atom. The zero-order chi connectivity index (χ0) is 28.1. The van der Waals surface area contributed by atoms with E-state index < -0.39 is 7.82 Å². The molecule has 0 bridgehead atoms. The number of piperidine rings is 1. The lowest BCUT2D eigenvalue weighted by molar-refractivity contribution is -0.928. The van der Waals surface area contributed by atoms with Crippen molar-refractivity contribution in [2.24, 2.45) is 5.92 Å². The number of unbranched alkanes of at least 4 members (excludes halogenated alkanes) is 15. The van der Waals surface area contributed by atoms with E-state index in [1.54, 1.807) is 0 Å². The maximum atomic E-state index is 12.2. The van der Waals surface area contributed by atoms with Gasteiger partial charge in [0.05, 0.1) is 33.4 Å². The van der Waals surface area contributed by atoms with Crippen molar-refractivity contribution in [2.45, 2.75) is 135 Å². The highest BCUT2D eigenvalue weighted by Crippen LogP contribution is 2.44. The van der Waals surface area contributed by atoms with Gasteiger partial charge in [0.25, 0.3) is 0 Å². The van der Waals surface area contributed by atoms with Gasteiger partial charge >= 0.3 is 7.82 Å². The molecule has 39 heavy (non-hydrogen) atoms. The highest BCUT2D eigenvalue weighted by atomic mass is 31.2. The van der Waals surface area contributed by atoms with Crippen molar-refractivity contribution in [3.63, 3.8) is 0 Å². The van der Waals surface area contributed by atoms with Gasteiger partial charge in [0.1, 0.15) is 6.54 Å². The average molecular weight is 567 g/mol. The van der Waals surface area contributed by atoms with Crippen molar-refractivity contribution in [1.82, 2.24) is 0 Å². The van der Waals surface area contributed by atoms with E-state index in [1.165, 1.54) is 95.5 Å². The quantitative estimate of drug-likeness (QED) is 0.0768. The third kappa shape index (κ3) is 17.7. The van der Waals surface area contributed by atoms with Crippen molar-refractivity contribution in [2.75, 3.05) is 33.4 Å². The first-order valence-corrected chi connectivity index (χ1v) is 17.9. The standard InChI is InChI=1S/C33H60NO4P/c1-3-4-5-6-7-8-9-10-11-12-13-14-15-16-17-21-29-37-39(35,36)38-30-26-32-24-27-34(2,28-25-32)31-33-22-19-18-20-23-33/h18-20,22-23,32H,3-17,21,24-31H2,1-2H3/p+1. The molecule has 0 spiro atoms. The molecule has 0 aliphatic carbocycles. The van der Waals surface area contributed by atoms with Crippen LogP contribution in [0, 0.1) is 5.92 Å². The van der Waals surface area contributed by atoms with Crippen LogP contribution >= 0.6 is 7.82 Å². The predicted molar refractivity (Wildman–Crippen MR) is 165 cm³/mol. The number of quaternary nitrogens is 1. The Kier molecular flexibility index (Phi) is 18.6. The molecule has 5 nitrogen and oxygen atoms in total. The predicted octanol–water partition coefficient (Wildman–Crippen LogP) is 9.83. The molecule has 1 atom stereocenters. The lowest BCUT2D eigenvalue weighted by Gasteiger charge is -2.40. The summed E-state index contributed by atoms with van der Waals surface area (Å²) in [7, 11) is -1.58. The summed E-state index contributed by atoms with van der Waals surface area (Å²) in [5, 5.41) is 0. The monoisotopic (exact) mass is 566 g/mol. The molecule has 0 aromatic heterocycles. The van der Waals surface area contributed by atoms with Crippen molar-refractivity contribution >= 4 is 7.82 Å². The number of hydrogen-bond donors (Lipinski definition) is 1. The van der Waals surface area contributed by atoms with Crippen LogP contribution in [0.3, 0.4) is 0 Å². The highest BCUT2D eigenvalue weighted by Gasteiger charge is 2.30. The van der Waals surface area contributed by atoms with Crippen LogP contribution in [0.25, 0.3) is 0 Å². The van der Waals surface area contributed by atoms with Crippen LogP contribution in [0.4, 0.5) is 0 Å². The van der Waals surface area contributed by atoms with Crippen LogP contribution in [-0.2, 0) is 20.2 Å². The molecular formula is C33H61NO4P+. The highest BCUT2D eigenvalue weighted by molar-refractivity contribution is 7.47. The van der Waals surface area contributed by atoms with Crippen molar-refractivity contribution < 1.29 is 23.0 Å². The molecule has 2 rings (SSSR count). The summed E-state index contributed by atoms with van der Waals surface area (Å²) in [5.74, 6) is 0.562. The first kappa shape index (κ1) is 34.5. The number of likely N-dealkylation sites (tertiary alicyclic amines) is 1. The van der Waals surface area contributed by atoms with Crippen LogP contribution in [0.15, 0.2) is 30.3 Å². The second-order valence-corrected chi connectivity index (χ2v) is 13.8. The minimum atomic E-state index is -3.93. The van der Waals surface area contributed by atoms with Gasteiger partial charge in [0, 0.05) is 5.56 Å². The van der Waals surface area contributed by atoms with Gasteiger partial charge in [-0.2, -0.15) is 0 Å². The summed E-state index contributed by atoms with van der Waals surface area (Å²) >= 11 is 0. The SMILES string of the molecule is CCCCCCCCCCCCCCCCCCOP(=O)(O)OCCC1CC[N+](C)(Cc2ccccc2)CC1. The third-order valence-corrected chi connectivity index (χ3v) is 9.61. The first-order chi connectivity index (χ1) is 18.9. The van der Waals surface area contributed by atoms with E-state index in [9.17, 15) is 9.46 Å². The maximum Gasteiger partial charge on any atom is 0.472 e. The Hall–Kier alpha value is -0.710. The van der Waals surface area contributed by atoms with Crippen LogP contribution in [0.1, 0.15) is 134 Å². The molecule has 0 amide bonds. The van der Waals surface area contributed by atoms with Gasteiger partial charge < -0.3 is 9.38 Å². The van der Waals surface area contributed by atoms with Crippen molar-refractivity contribution in [3.8, 4) is 0 Å². The summed E-state index contributed by atoms with van der Waals surface area (Å²) in [6.45, 7) is 6.26. The van der Waals surface area contributed by atoms with Crippen LogP contribution in [0.2, 0.25) is 0 Å². The van der Waals surface area contributed by atoms with Gasteiger partial charge in [-0.05, 0) is 31.6 Å². The molecule has 1 N–H and O–H groups in total. The molecule has 0 saturated carbocycles. The number of nitrogens with zero attached hydrogens (tertiary/aromatic N) is 1. The molecule has 1 aromatic carbocycles. The molecule has 0 radical (unpaired) electrons. The first-order valence-electron chi connectivity index (χ1n) is 16.4. The topological polar surface area (TPSA) is 55.8 Å². The lowest BCUT2D eigenvalue weighted by atomic mass is 9.92. The van der Waals surface area contributed by atoms with Crippen molar-refractivity contribution in [1.29, 1.82) is 0 Å². The Morgan fingerprint density at radius 1 is 0.744 bits per heavy atom. The van der Waals surface area contributed by atoms with Gasteiger partial charge in [0.15, 0.2) is 0 Å². The average Bonchev–Trinajstić information content (AvgIpc) is 2.92. The Bertz CT molecular complexity index is 751. The minimum absolute atomic E-state index is 0.305. The smallest absolute Gasteiger partial charge is 0.322 e. The van der Waals surface area contributed by atoms with Crippen LogP contribution in [-0.4, -0.2) is 42.7 Å². The number of phosphoric ester groups is 1. The van der Waals surface area contributed by atoms with Gasteiger partial charge in [-0.1, -0.05) is 134 Å². The maximum absolute atomic E-state index is 12.2. The third-order valence-electron chi connectivity index (χ3n) is 8.59. The number of phosphoric acid groups is 1. The molecule has 1 aromatic rings. The molecule has 226 valence electrons. The van der Waals surface area contributed by atoms with E-state index in [0.29, 0.717) is 19.1 Å². The Labute approximate surface area is 241 Å². The summed E-state index contributed by atoms with van der Waals surface area (Å²) in [5.41, 5.74) is 1.39. The van der Waals surface area contributed by atoms with E-state index in [2.05, 4.69) is 44.3 Å². The zero-order valence-corrected chi connectivity index (χ0v) is 26.4. The Morgan fingerprint density at radius 2 is 1.21 bits per heavy atom. The molecule has 6 heteroatoms. The van der Waals surface area contributed by atoms with E-state index in [-0.39, 0.29) is 0 Å².